The molecule has 0 radical (unpaired) electrons. The van der Waals surface area contributed by atoms with Gasteiger partial charge in [-0.1, -0.05) is 19.1 Å². The fourth-order valence-corrected chi connectivity index (χ4v) is 3.15. The molecule has 0 fully saturated rings. The van der Waals surface area contributed by atoms with Gasteiger partial charge in [0.2, 0.25) is 0 Å². The number of ether oxygens (including phenoxy) is 1. The van der Waals surface area contributed by atoms with Crippen molar-refractivity contribution in [1.82, 2.24) is 20.5 Å². The first-order valence-corrected chi connectivity index (χ1v) is 10.2. The van der Waals surface area contributed by atoms with Crippen molar-refractivity contribution in [2.45, 2.75) is 33.4 Å². The minimum atomic E-state index is 0. The van der Waals surface area contributed by atoms with Gasteiger partial charge in [-0.3, -0.25) is 0 Å². The molecule has 0 bridgehead atoms. The van der Waals surface area contributed by atoms with E-state index in [1.165, 1.54) is 4.88 Å². The Balaban J connectivity index is 0.00000392. The average molecular weight is 517 g/mol. The van der Waals surface area contributed by atoms with E-state index >= 15 is 0 Å². The van der Waals surface area contributed by atoms with Gasteiger partial charge in [-0.15, -0.1) is 35.3 Å². The Kier molecular flexibility index (Phi) is 12.1. The normalized spacial score (nSPS) is 11.2. The van der Waals surface area contributed by atoms with Crippen LogP contribution in [0.25, 0.3) is 0 Å². The molecule has 1 aromatic heterocycles. The maximum atomic E-state index is 5.80. The maximum absolute atomic E-state index is 5.80. The quantitative estimate of drug-likeness (QED) is 0.287. The highest BCUT2D eigenvalue weighted by atomic mass is 127. The highest BCUT2D eigenvalue weighted by Crippen LogP contribution is 2.14. The van der Waals surface area contributed by atoms with Gasteiger partial charge < -0.3 is 20.3 Å². The van der Waals surface area contributed by atoms with Gasteiger partial charge in [-0.25, -0.2) is 9.98 Å². The van der Waals surface area contributed by atoms with E-state index in [0.29, 0.717) is 19.7 Å². The predicted octanol–water partition coefficient (Wildman–Crippen LogP) is 3.52. The zero-order valence-electron chi connectivity index (χ0n) is 17.2. The molecule has 2 rings (SSSR count). The number of aromatic nitrogens is 1. The molecule has 0 atom stereocenters. The maximum Gasteiger partial charge on any atom is 0.191 e. The molecule has 28 heavy (non-hydrogen) atoms. The van der Waals surface area contributed by atoms with Crippen molar-refractivity contribution >= 4 is 41.3 Å². The van der Waals surface area contributed by atoms with Gasteiger partial charge in [-0.05, 0) is 45.1 Å². The molecule has 1 aromatic carbocycles. The topological polar surface area (TPSA) is 61.8 Å². The van der Waals surface area contributed by atoms with Crippen LogP contribution in [0.15, 0.2) is 35.5 Å². The Bertz CT molecular complexity index is 720. The zero-order chi connectivity index (χ0) is 19.5. The van der Waals surface area contributed by atoms with Gasteiger partial charge in [0.15, 0.2) is 5.96 Å². The third kappa shape index (κ3) is 9.20. The first-order valence-electron chi connectivity index (χ1n) is 9.43. The largest absolute Gasteiger partial charge is 0.492 e. The first kappa shape index (κ1) is 24.6. The van der Waals surface area contributed by atoms with Crippen LogP contribution < -0.4 is 15.4 Å². The van der Waals surface area contributed by atoms with Crippen LogP contribution in [0.4, 0.5) is 0 Å². The van der Waals surface area contributed by atoms with Gasteiger partial charge in [-0.2, -0.15) is 0 Å². The Morgan fingerprint density at radius 2 is 2.07 bits per heavy atom. The molecule has 0 unspecified atom stereocenters. The summed E-state index contributed by atoms with van der Waals surface area (Å²) in [5, 5.41) is 7.72. The zero-order valence-corrected chi connectivity index (χ0v) is 20.3. The summed E-state index contributed by atoms with van der Waals surface area (Å²) in [7, 11) is 4.08. The van der Waals surface area contributed by atoms with Crippen LogP contribution in [0.1, 0.15) is 29.3 Å². The number of guanidine groups is 1. The molecular formula is C20H32IN5OS. The molecule has 0 aliphatic heterocycles. The number of hydrogen-bond acceptors (Lipinski definition) is 5. The van der Waals surface area contributed by atoms with E-state index < -0.39 is 0 Å². The SMILES string of the molecule is CCNC(=NCc1cccc(OCCN(C)C)c1)NCc1ncc(CC)s1.I. The van der Waals surface area contributed by atoms with E-state index in [2.05, 4.69) is 51.5 Å². The van der Waals surface area contributed by atoms with Crippen molar-refractivity contribution in [2.75, 3.05) is 33.8 Å². The minimum Gasteiger partial charge on any atom is -0.492 e. The molecule has 1 heterocycles. The van der Waals surface area contributed by atoms with Gasteiger partial charge in [0.25, 0.3) is 0 Å². The number of aliphatic imine (C=N–C) groups is 1. The third-order valence-electron chi connectivity index (χ3n) is 3.83. The summed E-state index contributed by atoms with van der Waals surface area (Å²) in [5.41, 5.74) is 1.12. The van der Waals surface area contributed by atoms with E-state index in [4.69, 9.17) is 4.74 Å². The van der Waals surface area contributed by atoms with Crippen molar-refractivity contribution in [1.29, 1.82) is 0 Å². The van der Waals surface area contributed by atoms with Crippen LogP contribution in [-0.4, -0.2) is 49.6 Å². The Morgan fingerprint density at radius 3 is 2.75 bits per heavy atom. The first-order chi connectivity index (χ1) is 13.1. The van der Waals surface area contributed by atoms with Crippen molar-refractivity contribution in [2.24, 2.45) is 4.99 Å². The number of rotatable bonds is 10. The van der Waals surface area contributed by atoms with E-state index in [1.807, 2.05) is 32.4 Å². The highest BCUT2D eigenvalue weighted by Gasteiger charge is 2.03. The number of halogens is 1. The Morgan fingerprint density at radius 1 is 1.25 bits per heavy atom. The molecule has 0 aliphatic carbocycles. The van der Waals surface area contributed by atoms with Crippen molar-refractivity contribution in [3.05, 3.63) is 45.9 Å². The minimum absolute atomic E-state index is 0. The molecule has 0 aliphatic rings. The van der Waals surface area contributed by atoms with Gasteiger partial charge in [0.1, 0.15) is 17.4 Å². The molecule has 6 nitrogen and oxygen atoms in total. The molecule has 2 aromatic rings. The summed E-state index contributed by atoms with van der Waals surface area (Å²) in [4.78, 5) is 12.5. The summed E-state index contributed by atoms with van der Waals surface area (Å²) in [6, 6.07) is 8.12. The van der Waals surface area contributed by atoms with Crippen LogP contribution in [0.3, 0.4) is 0 Å². The third-order valence-corrected chi connectivity index (χ3v) is 4.97. The van der Waals surface area contributed by atoms with Crippen molar-refractivity contribution in [3.8, 4) is 5.75 Å². The second kappa shape index (κ2) is 13.7. The fourth-order valence-electron chi connectivity index (χ4n) is 2.34. The molecule has 0 amide bonds. The van der Waals surface area contributed by atoms with Crippen LogP contribution in [0, 0.1) is 0 Å². The van der Waals surface area contributed by atoms with Crippen LogP contribution in [-0.2, 0) is 19.5 Å². The highest BCUT2D eigenvalue weighted by molar-refractivity contribution is 14.0. The lowest BCUT2D eigenvalue weighted by Crippen LogP contribution is -2.36. The number of nitrogens with one attached hydrogen (secondary N) is 2. The molecule has 156 valence electrons. The van der Waals surface area contributed by atoms with E-state index in [9.17, 15) is 0 Å². The summed E-state index contributed by atoms with van der Waals surface area (Å²) >= 11 is 1.74. The second-order valence-electron chi connectivity index (χ2n) is 6.42. The Labute approximate surface area is 189 Å². The lowest BCUT2D eigenvalue weighted by molar-refractivity contribution is 0.261. The summed E-state index contributed by atoms with van der Waals surface area (Å²) in [6.45, 7) is 7.88. The molecule has 0 spiro atoms. The number of nitrogens with zero attached hydrogens (tertiary/aromatic N) is 3. The van der Waals surface area contributed by atoms with Gasteiger partial charge in [0, 0.05) is 24.2 Å². The van der Waals surface area contributed by atoms with Crippen LogP contribution in [0.5, 0.6) is 5.75 Å². The monoisotopic (exact) mass is 517 g/mol. The van der Waals surface area contributed by atoms with Crippen molar-refractivity contribution in [3.63, 3.8) is 0 Å². The Hall–Kier alpha value is -1.39. The number of benzene rings is 1. The lowest BCUT2D eigenvalue weighted by atomic mass is 10.2. The smallest absolute Gasteiger partial charge is 0.191 e. The summed E-state index contributed by atoms with van der Waals surface area (Å²) in [5.74, 6) is 1.68. The van der Waals surface area contributed by atoms with Gasteiger partial charge in [0.05, 0.1) is 13.1 Å². The van der Waals surface area contributed by atoms with E-state index in [1.54, 1.807) is 11.3 Å². The number of aryl methyl sites for hydroxylation is 1. The number of likely N-dealkylation sites (N-methyl/N-ethyl adjacent to an activating group) is 1. The predicted molar refractivity (Wildman–Crippen MR) is 129 cm³/mol. The molecule has 0 saturated carbocycles. The number of hydrogen-bond donors (Lipinski definition) is 2. The van der Waals surface area contributed by atoms with E-state index in [0.717, 1.165) is 41.8 Å². The molecular weight excluding hydrogens is 485 g/mol. The van der Waals surface area contributed by atoms with Crippen LogP contribution >= 0.6 is 35.3 Å². The van der Waals surface area contributed by atoms with Crippen LogP contribution in [0.2, 0.25) is 0 Å². The molecule has 0 saturated heterocycles. The second-order valence-corrected chi connectivity index (χ2v) is 7.62. The average Bonchev–Trinajstić information content (AvgIpc) is 3.12. The molecule has 2 N–H and O–H groups in total. The summed E-state index contributed by atoms with van der Waals surface area (Å²) in [6.07, 6.45) is 2.98. The van der Waals surface area contributed by atoms with Crippen molar-refractivity contribution < 1.29 is 4.74 Å². The summed E-state index contributed by atoms with van der Waals surface area (Å²) < 4.78 is 5.80. The molecule has 8 heteroatoms. The van der Waals surface area contributed by atoms with E-state index in [-0.39, 0.29) is 24.0 Å². The number of thiazole rings is 1. The fraction of sp³-hybridized carbons (Fsp3) is 0.500. The van der Waals surface area contributed by atoms with Gasteiger partial charge >= 0.3 is 0 Å². The standard InChI is InChI=1S/C20H31N5OS.HI/c1-5-18-14-22-19(27-18)15-24-20(21-6-2)23-13-16-8-7-9-17(12-16)26-11-10-25(3)4;/h7-9,12,14H,5-6,10-11,13,15H2,1-4H3,(H2,21,23,24);1H. The lowest BCUT2D eigenvalue weighted by Gasteiger charge is -2.12.